The van der Waals surface area contributed by atoms with E-state index in [1.165, 1.54) is 32.1 Å². The minimum Gasteiger partial charge on any atom is -0.349 e. The minimum atomic E-state index is -0.0158. The second-order valence-electron chi connectivity index (χ2n) is 6.27. The Morgan fingerprint density at radius 3 is 3.00 bits per heavy atom. The number of hydrogen-bond acceptors (Lipinski definition) is 3. The molecule has 1 N–H and O–H groups in total. The van der Waals surface area contributed by atoms with Gasteiger partial charge < -0.3 is 5.32 Å². The maximum atomic E-state index is 12.4. The summed E-state index contributed by atoms with van der Waals surface area (Å²) in [5.41, 5.74) is 0.613. The second kappa shape index (κ2) is 7.40. The first-order valence-corrected chi connectivity index (χ1v) is 8.55. The Kier molecular flexibility index (Phi) is 5.05. The Hall–Kier alpha value is -2.17. The number of carbonyl (C=O) groups is 1. The summed E-state index contributed by atoms with van der Waals surface area (Å²) in [6, 6.07) is 5.80. The summed E-state index contributed by atoms with van der Waals surface area (Å²) in [7, 11) is 0. The molecular formula is C18H24N4O. The third-order valence-electron chi connectivity index (χ3n) is 4.65. The molecule has 0 saturated heterocycles. The highest BCUT2D eigenvalue weighted by molar-refractivity contribution is 5.94. The van der Waals surface area contributed by atoms with Gasteiger partial charge in [-0.1, -0.05) is 26.2 Å². The molecule has 122 valence electrons. The monoisotopic (exact) mass is 312 g/mol. The molecule has 2 heterocycles. The Morgan fingerprint density at radius 2 is 2.30 bits per heavy atom. The van der Waals surface area contributed by atoms with Gasteiger partial charge in [0.1, 0.15) is 0 Å². The molecule has 1 fully saturated rings. The SMILES string of the molecule is CCCCC1CCCC1NC(=O)c1ccc(-n2cccn2)nc1. The molecule has 0 aromatic carbocycles. The van der Waals surface area contributed by atoms with Crippen LogP contribution >= 0.6 is 0 Å². The van der Waals surface area contributed by atoms with E-state index in [1.807, 2.05) is 24.4 Å². The Morgan fingerprint density at radius 1 is 1.39 bits per heavy atom. The van der Waals surface area contributed by atoms with E-state index in [2.05, 4.69) is 22.3 Å². The van der Waals surface area contributed by atoms with Crippen molar-refractivity contribution in [1.82, 2.24) is 20.1 Å². The van der Waals surface area contributed by atoms with Crippen LogP contribution in [0.25, 0.3) is 5.82 Å². The van der Waals surface area contributed by atoms with Crippen molar-refractivity contribution < 1.29 is 4.79 Å². The highest BCUT2D eigenvalue weighted by Crippen LogP contribution is 2.30. The normalized spacial score (nSPS) is 20.6. The van der Waals surface area contributed by atoms with Crippen LogP contribution in [0.5, 0.6) is 0 Å². The zero-order valence-electron chi connectivity index (χ0n) is 13.6. The van der Waals surface area contributed by atoms with Gasteiger partial charge in [-0.3, -0.25) is 4.79 Å². The molecule has 5 heteroatoms. The van der Waals surface area contributed by atoms with Crippen LogP contribution in [0.4, 0.5) is 0 Å². The largest absolute Gasteiger partial charge is 0.349 e. The van der Waals surface area contributed by atoms with Gasteiger partial charge in [0.25, 0.3) is 5.91 Å². The molecule has 1 saturated carbocycles. The van der Waals surface area contributed by atoms with E-state index >= 15 is 0 Å². The summed E-state index contributed by atoms with van der Waals surface area (Å²) in [5, 5.41) is 7.34. The highest BCUT2D eigenvalue weighted by atomic mass is 16.1. The number of pyridine rings is 1. The third kappa shape index (κ3) is 3.78. The third-order valence-corrected chi connectivity index (χ3v) is 4.65. The molecule has 2 aromatic heterocycles. The molecule has 0 bridgehead atoms. The van der Waals surface area contributed by atoms with Crippen molar-refractivity contribution >= 4 is 5.91 Å². The quantitative estimate of drug-likeness (QED) is 0.890. The summed E-state index contributed by atoms with van der Waals surface area (Å²) in [6.45, 7) is 2.22. The van der Waals surface area contributed by atoms with Crippen LogP contribution in [0.3, 0.4) is 0 Å². The van der Waals surface area contributed by atoms with E-state index in [-0.39, 0.29) is 5.91 Å². The lowest BCUT2D eigenvalue weighted by Crippen LogP contribution is -2.37. The van der Waals surface area contributed by atoms with E-state index < -0.39 is 0 Å². The molecule has 2 aromatic rings. The lowest BCUT2D eigenvalue weighted by molar-refractivity contribution is 0.0926. The van der Waals surface area contributed by atoms with E-state index in [0.717, 1.165) is 6.42 Å². The standard InChI is InChI=1S/C18H24N4O/c1-2-3-6-14-7-4-8-16(14)21-18(23)15-9-10-17(19-13-15)22-12-5-11-20-22/h5,9-14,16H,2-4,6-8H2,1H3,(H,21,23). The van der Waals surface area contributed by atoms with E-state index in [9.17, 15) is 4.79 Å². The fourth-order valence-electron chi connectivity index (χ4n) is 3.35. The maximum absolute atomic E-state index is 12.4. The van der Waals surface area contributed by atoms with Crippen LogP contribution in [-0.4, -0.2) is 26.7 Å². The summed E-state index contributed by atoms with van der Waals surface area (Å²) < 4.78 is 1.68. The minimum absolute atomic E-state index is 0.0158. The second-order valence-corrected chi connectivity index (χ2v) is 6.27. The summed E-state index contributed by atoms with van der Waals surface area (Å²) >= 11 is 0. The van der Waals surface area contributed by atoms with Crippen molar-refractivity contribution in [1.29, 1.82) is 0 Å². The predicted molar refractivity (Wildman–Crippen MR) is 89.5 cm³/mol. The molecule has 0 spiro atoms. The number of carbonyl (C=O) groups excluding carboxylic acids is 1. The van der Waals surface area contributed by atoms with Crippen molar-refractivity contribution in [3.63, 3.8) is 0 Å². The van der Waals surface area contributed by atoms with Crippen LogP contribution in [0.2, 0.25) is 0 Å². The van der Waals surface area contributed by atoms with Gasteiger partial charge in [-0.15, -0.1) is 0 Å². The summed E-state index contributed by atoms with van der Waals surface area (Å²) in [5.74, 6) is 1.33. The van der Waals surface area contributed by atoms with Gasteiger partial charge in [-0.05, 0) is 43.4 Å². The van der Waals surface area contributed by atoms with Crippen LogP contribution in [0.15, 0.2) is 36.8 Å². The van der Waals surface area contributed by atoms with Gasteiger partial charge in [0.2, 0.25) is 0 Å². The van der Waals surface area contributed by atoms with Crippen LogP contribution in [0, 0.1) is 5.92 Å². The fourth-order valence-corrected chi connectivity index (χ4v) is 3.35. The number of amides is 1. The van der Waals surface area contributed by atoms with Gasteiger partial charge >= 0.3 is 0 Å². The molecule has 1 aliphatic carbocycles. The summed E-state index contributed by atoms with van der Waals surface area (Å²) in [6.07, 6.45) is 12.4. The summed E-state index contributed by atoms with van der Waals surface area (Å²) in [4.78, 5) is 16.8. The smallest absolute Gasteiger partial charge is 0.253 e. The lowest BCUT2D eigenvalue weighted by Gasteiger charge is -2.20. The number of rotatable bonds is 6. The van der Waals surface area contributed by atoms with Gasteiger partial charge in [0.05, 0.1) is 5.56 Å². The highest BCUT2D eigenvalue weighted by Gasteiger charge is 2.28. The fraction of sp³-hybridized carbons (Fsp3) is 0.500. The van der Waals surface area contributed by atoms with E-state index in [0.29, 0.717) is 23.3 Å². The molecule has 3 rings (SSSR count). The van der Waals surface area contributed by atoms with Crippen LogP contribution < -0.4 is 5.32 Å². The van der Waals surface area contributed by atoms with Gasteiger partial charge in [-0.25, -0.2) is 9.67 Å². The molecule has 0 radical (unpaired) electrons. The molecule has 1 aliphatic rings. The molecule has 1 amide bonds. The zero-order valence-corrected chi connectivity index (χ0v) is 13.6. The Balaban J connectivity index is 1.61. The number of nitrogens with one attached hydrogen (secondary N) is 1. The van der Waals surface area contributed by atoms with E-state index in [4.69, 9.17) is 0 Å². The Bertz CT molecular complexity index is 621. The predicted octanol–water partition coefficient (Wildman–Crippen LogP) is 3.36. The molecule has 23 heavy (non-hydrogen) atoms. The van der Waals surface area contributed by atoms with Crippen LogP contribution in [0.1, 0.15) is 55.8 Å². The average molecular weight is 312 g/mol. The van der Waals surface area contributed by atoms with Crippen molar-refractivity contribution in [3.05, 3.63) is 42.4 Å². The first kappa shape index (κ1) is 15.7. The number of unbranched alkanes of at least 4 members (excludes halogenated alkanes) is 1. The van der Waals surface area contributed by atoms with Gasteiger partial charge in [0.15, 0.2) is 5.82 Å². The van der Waals surface area contributed by atoms with Crippen molar-refractivity contribution in [2.45, 2.75) is 51.5 Å². The topological polar surface area (TPSA) is 59.8 Å². The van der Waals surface area contributed by atoms with Crippen molar-refractivity contribution in [2.75, 3.05) is 0 Å². The van der Waals surface area contributed by atoms with Crippen molar-refractivity contribution in [2.24, 2.45) is 5.92 Å². The van der Waals surface area contributed by atoms with Crippen molar-refractivity contribution in [3.8, 4) is 5.82 Å². The Labute approximate surface area is 137 Å². The van der Waals surface area contributed by atoms with E-state index in [1.54, 1.807) is 17.1 Å². The molecular weight excluding hydrogens is 288 g/mol. The number of nitrogens with zero attached hydrogens (tertiary/aromatic N) is 3. The first-order valence-electron chi connectivity index (χ1n) is 8.55. The van der Waals surface area contributed by atoms with Gasteiger partial charge in [-0.2, -0.15) is 5.10 Å². The number of aromatic nitrogens is 3. The van der Waals surface area contributed by atoms with Gasteiger partial charge in [0, 0.05) is 24.6 Å². The van der Waals surface area contributed by atoms with Crippen LogP contribution in [-0.2, 0) is 0 Å². The zero-order chi connectivity index (χ0) is 16.1. The average Bonchev–Trinajstić information content (AvgIpc) is 3.25. The lowest BCUT2D eigenvalue weighted by atomic mass is 9.96. The number of hydrogen-bond donors (Lipinski definition) is 1. The molecule has 5 nitrogen and oxygen atoms in total. The molecule has 2 atom stereocenters. The maximum Gasteiger partial charge on any atom is 0.253 e. The first-order chi connectivity index (χ1) is 11.3. The molecule has 0 aliphatic heterocycles. The molecule has 2 unspecified atom stereocenters.